The van der Waals surface area contributed by atoms with E-state index in [9.17, 15) is 9.59 Å². The van der Waals surface area contributed by atoms with E-state index in [1.165, 1.54) is 16.2 Å². The second kappa shape index (κ2) is 3.70. The van der Waals surface area contributed by atoms with Gasteiger partial charge in [0.25, 0.3) is 5.91 Å². The van der Waals surface area contributed by atoms with Crippen molar-refractivity contribution in [1.82, 2.24) is 10.2 Å². The van der Waals surface area contributed by atoms with Crippen molar-refractivity contribution in [2.24, 2.45) is 0 Å². The van der Waals surface area contributed by atoms with Gasteiger partial charge < -0.3 is 5.32 Å². The number of hydrogen-bond donors (Lipinski definition) is 1. The van der Waals surface area contributed by atoms with Crippen LogP contribution in [0.3, 0.4) is 0 Å². The van der Waals surface area contributed by atoms with E-state index in [0.29, 0.717) is 18.0 Å². The van der Waals surface area contributed by atoms with Gasteiger partial charge in [-0.25, -0.2) is 4.79 Å². The maximum Gasteiger partial charge on any atom is 0.324 e. The summed E-state index contributed by atoms with van der Waals surface area (Å²) in [6.45, 7) is 0.982. The van der Waals surface area contributed by atoms with E-state index in [1.807, 2.05) is 5.38 Å². The number of hydrogen-bond acceptors (Lipinski definition) is 3. The Balaban J connectivity index is 2.24. The summed E-state index contributed by atoms with van der Waals surface area (Å²) in [6, 6.07) is 1.49. The van der Waals surface area contributed by atoms with Crippen molar-refractivity contribution < 1.29 is 9.59 Å². The lowest BCUT2D eigenvalue weighted by Gasteiger charge is -2.10. The average molecular weight is 275 g/mol. The van der Waals surface area contributed by atoms with Crippen LogP contribution in [0.25, 0.3) is 0 Å². The number of thiophene rings is 1. The first-order chi connectivity index (χ1) is 6.70. The normalized spacial score (nSPS) is 15.8. The van der Waals surface area contributed by atoms with Crippen molar-refractivity contribution in [1.29, 1.82) is 0 Å². The van der Waals surface area contributed by atoms with Gasteiger partial charge in [-0.1, -0.05) is 0 Å². The molecule has 1 fully saturated rings. The van der Waals surface area contributed by atoms with Crippen molar-refractivity contribution in [3.05, 3.63) is 20.8 Å². The minimum atomic E-state index is -0.310. The van der Waals surface area contributed by atoms with E-state index in [4.69, 9.17) is 0 Å². The molecular weight excluding hydrogens is 268 g/mol. The van der Waals surface area contributed by atoms with E-state index in [2.05, 4.69) is 21.2 Å². The number of imide groups is 1. The molecule has 1 aromatic heterocycles. The first kappa shape index (κ1) is 9.67. The maximum atomic E-state index is 11.8. The van der Waals surface area contributed by atoms with Gasteiger partial charge in [-0.15, -0.1) is 11.3 Å². The summed E-state index contributed by atoms with van der Waals surface area (Å²) in [5, 5.41) is 4.40. The Labute approximate surface area is 93.0 Å². The van der Waals surface area contributed by atoms with Crippen LogP contribution < -0.4 is 5.32 Å². The van der Waals surface area contributed by atoms with Crippen LogP contribution in [0.1, 0.15) is 9.67 Å². The van der Waals surface area contributed by atoms with Crippen LogP contribution >= 0.6 is 27.3 Å². The van der Waals surface area contributed by atoms with Gasteiger partial charge in [0.2, 0.25) is 0 Å². The van der Waals surface area contributed by atoms with Gasteiger partial charge in [0.1, 0.15) is 4.88 Å². The van der Waals surface area contributed by atoms with Gasteiger partial charge in [-0.2, -0.15) is 0 Å². The molecule has 4 nitrogen and oxygen atoms in total. The minimum absolute atomic E-state index is 0.234. The van der Waals surface area contributed by atoms with Crippen LogP contribution in [0.15, 0.2) is 15.9 Å². The number of carbonyl (C=O) groups excluding carboxylic acids is 2. The summed E-state index contributed by atoms with van der Waals surface area (Å²) in [5.41, 5.74) is 0. The summed E-state index contributed by atoms with van der Waals surface area (Å²) in [4.78, 5) is 24.8. The Hall–Kier alpha value is -0.880. The van der Waals surface area contributed by atoms with Crippen molar-refractivity contribution in [3.8, 4) is 0 Å². The fourth-order valence-electron chi connectivity index (χ4n) is 1.23. The molecule has 0 unspecified atom stereocenters. The molecule has 1 aromatic rings. The van der Waals surface area contributed by atoms with Crippen LogP contribution in [0.4, 0.5) is 4.79 Å². The van der Waals surface area contributed by atoms with Crippen molar-refractivity contribution in [3.63, 3.8) is 0 Å². The molecule has 6 heteroatoms. The molecule has 3 amide bonds. The molecule has 1 saturated heterocycles. The molecule has 0 aromatic carbocycles. The molecule has 1 aliphatic rings. The zero-order valence-corrected chi connectivity index (χ0v) is 9.52. The second-order valence-corrected chi connectivity index (χ2v) is 4.56. The van der Waals surface area contributed by atoms with Crippen molar-refractivity contribution in [2.75, 3.05) is 13.1 Å². The van der Waals surface area contributed by atoms with E-state index in [1.54, 1.807) is 6.07 Å². The van der Waals surface area contributed by atoms with Crippen molar-refractivity contribution >= 4 is 39.2 Å². The Morgan fingerprint density at radius 1 is 1.64 bits per heavy atom. The van der Waals surface area contributed by atoms with E-state index >= 15 is 0 Å². The van der Waals surface area contributed by atoms with Crippen LogP contribution in [-0.4, -0.2) is 29.9 Å². The molecule has 0 bridgehead atoms. The molecule has 0 spiro atoms. The summed E-state index contributed by atoms with van der Waals surface area (Å²) >= 11 is 4.59. The molecular formula is C8H7BrN2O2S. The van der Waals surface area contributed by atoms with Crippen LogP contribution in [0.2, 0.25) is 0 Å². The Morgan fingerprint density at radius 3 is 2.93 bits per heavy atom. The largest absolute Gasteiger partial charge is 0.336 e. The van der Waals surface area contributed by atoms with Gasteiger partial charge >= 0.3 is 6.03 Å². The van der Waals surface area contributed by atoms with E-state index < -0.39 is 0 Å². The first-order valence-electron chi connectivity index (χ1n) is 4.03. The fourth-order valence-corrected chi connectivity index (χ4v) is 2.72. The standard InChI is InChI=1S/C8H7BrN2O2S/c9-5-1-4-14-6(5)7(12)11-3-2-10-8(11)13/h1,4H,2-3H2,(H,10,13). The third-order valence-corrected chi connectivity index (χ3v) is 3.74. The summed E-state index contributed by atoms with van der Waals surface area (Å²) in [7, 11) is 0. The molecule has 1 N–H and O–H groups in total. The highest BCUT2D eigenvalue weighted by atomic mass is 79.9. The average Bonchev–Trinajstić information content (AvgIpc) is 2.73. The van der Waals surface area contributed by atoms with Gasteiger partial charge in [-0.05, 0) is 27.4 Å². The SMILES string of the molecule is O=C1NCCN1C(=O)c1sccc1Br. The number of amides is 3. The minimum Gasteiger partial charge on any atom is -0.336 e. The fraction of sp³-hybridized carbons (Fsp3) is 0.250. The molecule has 1 aliphatic heterocycles. The predicted octanol–water partition coefficient (Wildman–Crippen LogP) is 1.68. The number of halogens is 1. The Kier molecular flexibility index (Phi) is 2.56. The van der Waals surface area contributed by atoms with Crippen LogP contribution in [0.5, 0.6) is 0 Å². The highest BCUT2D eigenvalue weighted by Crippen LogP contribution is 2.24. The number of urea groups is 1. The highest BCUT2D eigenvalue weighted by molar-refractivity contribution is 9.10. The van der Waals surface area contributed by atoms with Crippen LogP contribution in [-0.2, 0) is 0 Å². The molecule has 74 valence electrons. The van der Waals surface area contributed by atoms with E-state index in [-0.39, 0.29) is 11.9 Å². The molecule has 2 rings (SSSR count). The quantitative estimate of drug-likeness (QED) is 0.847. The summed E-state index contributed by atoms with van der Waals surface area (Å²) in [6.07, 6.45) is 0. The number of nitrogens with one attached hydrogen (secondary N) is 1. The van der Waals surface area contributed by atoms with Gasteiger partial charge in [0.05, 0.1) is 0 Å². The lowest BCUT2D eigenvalue weighted by atomic mass is 10.4. The lowest BCUT2D eigenvalue weighted by molar-refractivity contribution is 0.0833. The van der Waals surface area contributed by atoms with Crippen LogP contribution in [0, 0.1) is 0 Å². The molecule has 0 saturated carbocycles. The predicted molar refractivity (Wildman–Crippen MR) is 56.5 cm³/mol. The Morgan fingerprint density at radius 2 is 2.43 bits per heavy atom. The molecule has 0 aliphatic carbocycles. The monoisotopic (exact) mass is 274 g/mol. The van der Waals surface area contributed by atoms with Crippen molar-refractivity contribution in [2.45, 2.75) is 0 Å². The Bertz CT molecular complexity index is 390. The summed E-state index contributed by atoms with van der Waals surface area (Å²) in [5.74, 6) is -0.234. The van der Waals surface area contributed by atoms with E-state index in [0.717, 1.165) is 4.47 Å². The molecule has 0 atom stereocenters. The highest BCUT2D eigenvalue weighted by Gasteiger charge is 2.28. The van der Waals surface area contributed by atoms with Gasteiger partial charge in [-0.3, -0.25) is 9.69 Å². The van der Waals surface area contributed by atoms with Gasteiger partial charge in [0, 0.05) is 17.6 Å². The zero-order valence-electron chi connectivity index (χ0n) is 7.12. The molecule has 2 heterocycles. The second-order valence-electron chi connectivity index (χ2n) is 2.79. The number of nitrogens with zero attached hydrogens (tertiary/aromatic N) is 1. The summed E-state index contributed by atoms with van der Waals surface area (Å²) < 4.78 is 0.743. The first-order valence-corrected chi connectivity index (χ1v) is 5.70. The third-order valence-electron chi connectivity index (χ3n) is 1.91. The maximum absolute atomic E-state index is 11.8. The smallest absolute Gasteiger partial charge is 0.324 e. The zero-order chi connectivity index (χ0) is 10.1. The van der Waals surface area contributed by atoms with Gasteiger partial charge in [0.15, 0.2) is 0 Å². The molecule has 14 heavy (non-hydrogen) atoms. The lowest BCUT2D eigenvalue weighted by Crippen LogP contribution is -2.33. The number of rotatable bonds is 1. The topological polar surface area (TPSA) is 49.4 Å². The third kappa shape index (κ3) is 1.55. The molecule has 0 radical (unpaired) electrons. The number of carbonyl (C=O) groups is 2.